The molecule has 6 heteroatoms. The predicted octanol–water partition coefficient (Wildman–Crippen LogP) is 4.10. The lowest BCUT2D eigenvalue weighted by Gasteiger charge is -2.16. The molecule has 0 aliphatic heterocycles. The van der Waals surface area contributed by atoms with Gasteiger partial charge in [0.15, 0.2) is 11.5 Å². The number of carbonyl (C=O) groups excluding carboxylic acids is 1. The van der Waals surface area contributed by atoms with Crippen molar-refractivity contribution in [3.63, 3.8) is 0 Å². The number of hydrogen-bond donors (Lipinski definition) is 1. The van der Waals surface area contributed by atoms with Gasteiger partial charge in [-0.2, -0.15) is 0 Å². The van der Waals surface area contributed by atoms with Crippen molar-refractivity contribution in [2.24, 2.45) is 0 Å². The highest BCUT2D eigenvalue weighted by molar-refractivity contribution is 9.10. The molecule has 0 radical (unpaired) electrons. The Labute approximate surface area is 155 Å². The van der Waals surface area contributed by atoms with Gasteiger partial charge in [0, 0.05) is 23.4 Å². The van der Waals surface area contributed by atoms with Crippen LogP contribution in [-0.2, 0) is 6.54 Å². The van der Waals surface area contributed by atoms with Crippen LogP contribution < -0.4 is 14.8 Å². The van der Waals surface area contributed by atoms with Gasteiger partial charge in [0.2, 0.25) is 0 Å². The van der Waals surface area contributed by atoms with Crippen molar-refractivity contribution in [1.82, 2.24) is 10.3 Å². The molecule has 1 fully saturated rings. The second-order valence-corrected chi connectivity index (χ2v) is 7.00. The summed E-state index contributed by atoms with van der Waals surface area (Å²) in [6, 6.07) is 7.51. The molecule has 25 heavy (non-hydrogen) atoms. The van der Waals surface area contributed by atoms with E-state index in [0.717, 1.165) is 28.6 Å². The van der Waals surface area contributed by atoms with E-state index in [1.807, 2.05) is 18.2 Å². The van der Waals surface area contributed by atoms with Crippen molar-refractivity contribution in [1.29, 1.82) is 0 Å². The summed E-state index contributed by atoms with van der Waals surface area (Å²) in [6.45, 7) is 0.408. The van der Waals surface area contributed by atoms with E-state index in [2.05, 4.69) is 26.2 Å². The second-order valence-electron chi connectivity index (χ2n) is 6.08. The largest absolute Gasteiger partial charge is 0.493 e. The number of methoxy groups -OCH3 is 1. The van der Waals surface area contributed by atoms with E-state index in [4.69, 9.17) is 9.47 Å². The number of carbonyl (C=O) groups is 1. The van der Waals surface area contributed by atoms with E-state index >= 15 is 0 Å². The topological polar surface area (TPSA) is 60.5 Å². The van der Waals surface area contributed by atoms with Crippen LogP contribution in [0.4, 0.5) is 0 Å². The summed E-state index contributed by atoms with van der Waals surface area (Å²) in [6.07, 6.45) is 8.11. The maximum absolute atomic E-state index is 12.2. The molecule has 3 rings (SSSR count). The van der Waals surface area contributed by atoms with Crippen LogP contribution >= 0.6 is 15.9 Å². The zero-order valence-corrected chi connectivity index (χ0v) is 15.7. The molecule has 0 bridgehead atoms. The molecule has 1 amide bonds. The van der Waals surface area contributed by atoms with E-state index < -0.39 is 0 Å². The number of rotatable bonds is 6. The standard InChI is InChI=1S/C19H21BrN2O3/c1-24-18-8-13(6-7-17(18)25-16-4-2-3-5-16)10-22-19(23)14-9-15(20)12-21-11-14/h6-9,11-12,16H,2-5,10H2,1H3,(H,22,23). The fourth-order valence-corrected chi connectivity index (χ4v) is 3.29. The molecule has 0 saturated heterocycles. The summed E-state index contributed by atoms with van der Waals surface area (Å²) in [7, 11) is 1.63. The van der Waals surface area contributed by atoms with Crippen LogP contribution in [0.3, 0.4) is 0 Å². The van der Waals surface area contributed by atoms with Crippen LogP contribution in [0.1, 0.15) is 41.6 Å². The first-order valence-electron chi connectivity index (χ1n) is 8.38. The first-order chi connectivity index (χ1) is 12.2. The summed E-state index contributed by atoms with van der Waals surface area (Å²) in [5.41, 5.74) is 1.47. The van der Waals surface area contributed by atoms with Crippen LogP contribution in [0.15, 0.2) is 41.1 Å². The van der Waals surface area contributed by atoms with Gasteiger partial charge in [0.05, 0.1) is 18.8 Å². The van der Waals surface area contributed by atoms with Crippen molar-refractivity contribution >= 4 is 21.8 Å². The predicted molar refractivity (Wildman–Crippen MR) is 99.0 cm³/mol. The number of nitrogens with zero attached hydrogens (tertiary/aromatic N) is 1. The number of amides is 1. The number of ether oxygens (including phenoxy) is 2. The summed E-state index contributed by atoms with van der Waals surface area (Å²) < 4.78 is 12.3. The van der Waals surface area contributed by atoms with Gasteiger partial charge < -0.3 is 14.8 Å². The van der Waals surface area contributed by atoms with Crippen LogP contribution in [0.25, 0.3) is 0 Å². The maximum atomic E-state index is 12.2. The maximum Gasteiger partial charge on any atom is 0.253 e. The van der Waals surface area contributed by atoms with Gasteiger partial charge in [-0.1, -0.05) is 6.07 Å². The molecule has 1 N–H and O–H groups in total. The van der Waals surface area contributed by atoms with Crippen molar-refractivity contribution in [2.45, 2.75) is 38.3 Å². The summed E-state index contributed by atoms with van der Waals surface area (Å²) in [4.78, 5) is 16.2. The van der Waals surface area contributed by atoms with Crippen molar-refractivity contribution < 1.29 is 14.3 Å². The van der Waals surface area contributed by atoms with E-state index in [1.165, 1.54) is 12.8 Å². The van der Waals surface area contributed by atoms with Crippen molar-refractivity contribution in [3.05, 3.63) is 52.3 Å². The highest BCUT2D eigenvalue weighted by Gasteiger charge is 2.18. The molecule has 1 aliphatic carbocycles. The highest BCUT2D eigenvalue weighted by atomic mass is 79.9. The lowest BCUT2D eigenvalue weighted by Crippen LogP contribution is -2.23. The number of benzene rings is 1. The summed E-state index contributed by atoms with van der Waals surface area (Å²) >= 11 is 3.32. The molecule has 1 saturated carbocycles. The minimum atomic E-state index is -0.168. The van der Waals surface area contributed by atoms with Gasteiger partial charge in [0.1, 0.15) is 0 Å². The minimum Gasteiger partial charge on any atom is -0.493 e. The zero-order chi connectivity index (χ0) is 17.6. The molecular weight excluding hydrogens is 384 g/mol. The molecule has 1 aromatic carbocycles. The average Bonchev–Trinajstić information content (AvgIpc) is 3.13. The van der Waals surface area contributed by atoms with Gasteiger partial charge in [0.25, 0.3) is 5.91 Å². The smallest absolute Gasteiger partial charge is 0.253 e. The SMILES string of the molecule is COc1cc(CNC(=O)c2cncc(Br)c2)ccc1OC1CCCC1. The van der Waals surface area contributed by atoms with Crippen LogP contribution in [0.5, 0.6) is 11.5 Å². The Morgan fingerprint density at radius 2 is 2.04 bits per heavy atom. The van der Waals surface area contributed by atoms with E-state index in [9.17, 15) is 4.79 Å². The van der Waals surface area contributed by atoms with Gasteiger partial charge in [-0.3, -0.25) is 9.78 Å². The Kier molecular flexibility index (Phi) is 5.91. The molecule has 1 aliphatic rings. The first-order valence-corrected chi connectivity index (χ1v) is 9.17. The van der Waals surface area contributed by atoms with Crippen LogP contribution in [-0.4, -0.2) is 24.1 Å². The Morgan fingerprint density at radius 1 is 1.24 bits per heavy atom. The molecule has 0 unspecified atom stereocenters. The van der Waals surface area contributed by atoms with Crippen LogP contribution in [0.2, 0.25) is 0 Å². The van der Waals surface area contributed by atoms with E-state index in [0.29, 0.717) is 17.9 Å². The zero-order valence-electron chi connectivity index (χ0n) is 14.1. The van der Waals surface area contributed by atoms with Gasteiger partial charge in [-0.25, -0.2) is 0 Å². The van der Waals surface area contributed by atoms with Gasteiger partial charge >= 0.3 is 0 Å². The first kappa shape index (κ1) is 17.7. The second kappa shape index (κ2) is 8.34. The Bertz CT molecular complexity index is 745. The molecule has 1 aromatic heterocycles. The number of halogens is 1. The molecule has 1 heterocycles. The van der Waals surface area contributed by atoms with Crippen molar-refractivity contribution in [3.8, 4) is 11.5 Å². The molecule has 0 spiro atoms. The molecule has 2 aromatic rings. The fraction of sp³-hybridized carbons (Fsp3) is 0.368. The number of pyridine rings is 1. The normalized spacial score (nSPS) is 14.3. The molecule has 132 valence electrons. The summed E-state index contributed by atoms with van der Waals surface area (Å²) in [5, 5.41) is 2.89. The Balaban J connectivity index is 1.63. The highest BCUT2D eigenvalue weighted by Crippen LogP contribution is 2.32. The summed E-state index contributed by atoms with van der Waals surface area (Å²) in [5.74, 6) is 1.29. The van der Waals surface area contributed by atoms with E-state index in [1.54, 1.807) is 25.6 Å². The van der Waals surface area contributed by atoms with Gasteiger partial charge in [-0.15, -0.1) is 0 Å². The lowest BCUT2D eigenvalue weighted by atomic mass is 10.2. The lowest BCUT2D eigenvalue weighted by molar-refractivity contribution is 0.0950. The van der Waals surface area contributed by atoms with Crippen LogP contribution in [0, 0.1) is 0 Å². The van der Waals surface area contributed by atoms with Gasteiger partial charge in [-0.05, 0) is 65.4 Å². The Hall–Kier alpha value is -2.08. The minimum absolute atomic E-state index is 0.168. The third kappa shape index (κ3) is 4.72. The number of nitrogens with one attached hydrogen (secondary N) is 1. The monoisotopic (exact) mass is 404 g/mol. The third-order valence-corrected chi connectivity index (χ3v) is 4.68. The third-order valence-electron chi connectivity index (χ3n) is 4.24. The van der Waals surface area contributed by atoms with E-state index in [-0.39, 0.29) is 12.0 Å². The molecule has 5 nitrogen and oxygen atoms in total. The molecule has 0 atom stereocenters. The average molecular weight is 405 g/mol. The quantitative estimate of drug-likeness (QED) is 0.786. The number of aromatic nitrogens is 1. The Morgan fingerprint density at radius 3 is 2.76 bits per heavy atom. The number of hydrogen-bond acceptors (Lipinski definition) is 4. The fourth-order valence-electron chi connectivity index (χ4n) is 2.93. The van der Waals surface area contributed by atoms with Crippen molar-refractivity contribution in [2.75, 3.05) is 7.11 Å². The molecular formula is C19H21BrN2O3.